The van der Waals surface area contributed by atoms with Crippen LogP contribution in [0.25, 0.3) is 0 Å². The molecule has 0 saturated carbocycles. The molecule has 110 valence electrons. The lowest BCUT2D eigenvalue weighted by molar-refractivity contribution is 0.0710. The number of likely N-dealkylation sites (N-methyl/N-ethyl adjacent to an activating group) is 1. The number of carbonyl (C=O) groups excluding carboxylic acids is 1. The van der Waals surface area contributed by atoms with E-state index in [9.17, 15) is 4.79 Å². The van der Waals surface area contributed by atoms with Gasteiger partial charge in [0.2, 0.25) is 0 Å². The largest absolute Gasteiger partial charge is 0.497 e. The monoisotopic (exact) mass is 276 g/mol. The fourth-order valence-electron chi connectivity index (χ4n) is 2.63. The molecule has 1 aliphatic heterocycles. The van der Waals surface area contributed by atoms with E-state index in [1.54, 1.807) is 7.11 Å². The fraction of sp³-hybridized carbons (Fsp3) is 0.562. The molecule has 2 rings (SSSR count). The Morgan fingerprint density at radius 3 is 2.30 bits per heavy atom. The second-order valence-electron chi connectivity index (χ2n) is 5.24. The highest BCUT2D eigenvalue weighted by molar-refractivity contribution is 5.99. The molecular formula is C16H24N2O2. The van der Waals surface area contributed by atoms with Crippen molar-refractivity contribution in [1.29, 1.82) is 0 Å². The molecule has 4 nitrogen and oxygen atoms in total. The summed E-state index contributed by atoms with van der Waals surface area (Å²) in [5.41, 5.74) is 0.760. The van der Waals surface area contributed by atoms with Gasteiger partial charge in [0.15, 0.2) is 5.78 Å². The Labute approximate surface area is 121 Å². The van der Waals surface area contributed by atoms with Crippen molar-refractivity contribution >= 4 is 5.78 Å². The number of ether oxygens (including phenoxy) is 1. The van der Waals surface area contributed by atoms with Gasteiger partial charge in [-0.1, -0.05) is 6.92 Å². The zero-order chi connectivity index (χ0) is 14.5. The van der Waals surface area contributed by atoms with Gasteiger partial charge in [-0.2, -0.15) is 0 Å². The number of hydrogen-bond donors (Lipinski definition) is 0. The van der Waals surface area contributed by atoms with Crippen LogP contribution in [0, 0.1) is 0 Å². The number of ketones is 1. The summed E-state index contributed by atoms with van der Waals surface area (Å²) in [6.07, 6.45) is 0. The predicted molar refractivity (Wildman–Crippen MR) is 80.5 cm³/mol. The number of carbonyl (C=O) groups is 1. The summed E-state index contributed by atoms with van der Waals surface area (Å²) in [5.74, 6) is 0.975. The van der Waals surface area contributed by atoms with Gasteiger partial charge in [0.1, 0.15) is 5.75 Å². The molecule has 1 saturated heterocycles. The first kappa shape index (κ1) is 15.0. The van der Waals surface area contributed by atoms with Crippen molar-refractivity contribution in [3.63, 3.8) is 0 Å². The van der Waals surface area contributed by atoms with Gasteiger partial charge in [-0.15, -0.1) is 0 Å². The Hall–Kier alpha value is -1.39. The summed E-state index contributed by atoms with van der Waals surface area (Å²) in [7, 11) is 1.63. The highest BCUT2D eigenvalue weighted by Crippen LogP contribution is 2.15. The molecule has 1 atom stereocenters. The van der Waals surface area contributed by atoms with E-state index in [1.807, 2.05) is 31.2 Å². The maximum absolute atomic E-state index is 12.5. The number of methoxy groups -OCH3 is 1. The van der Waals surface area contributed by atoms with E-state index in [0.717, 1.165) is 44.0 Å². The second-order valence-corrected chi connectivity index (χ2v) is 5.24. The molecule has 1 aliphatic rings. The van der Waals surface area contributed by atoms with Crippen LogP contribution in [0.4, 0.5) is 0 Å². The summed E-state index contributed by atoms with van der Waals surface area (Å²) in [4.78, 5) is 17.2. The van der Waals surface area contributed by atoms with Crippen LogP contribution in [0.1, 0.15) is 24.2 Å². The summed E-state index contributed by atoms with van der Waals surface area (Å²) in [6, 6.07) is 7.33. The Bertz CT molecular complexity index is 436. The van der Waals surface area contributed by atoms with Crippen molar-refractivity contribution in [3.8, 4) is 5.75 Å². The quantitative estimate of drug-likeness (QED) is 0.769. The first-order valence-electron chi connectivity index (χ1n) is 7.30. The van der Waals surface area contributed by atoms with E-state index in [-0.39, 0.29) is 11.8 Å². The van der Waals surface area contributed by atoms with Gasteiger partial charge in [0.05, 0.1) is 13.2 Å². The molecule has 1 aromatic carbocycles. The predicted octanol–water partition coefficient (Wildman–Crippen LogP) is 1.90. The Kier molecular flexibility index (Phi) is 5.15. The lowest BCUT2D eigenvalue weighted by Crippen LogP contribution is -2.51. The van der Waals surface area contributed by atoms with Crippen LogP contribution >= 0.6 is 0 Å². The second kappa shape index (κ2) is 6.86. The molecule has 0 aromatic heterocycles. The highest BCUT2D eigenvalue weighted by Gasteiger charge is 2.25. The SMILES string of the molecule is CCN1CCN(C(C)C(=O)c2ccc(OC)cc2)CC1. The van der Waals surface area contributed by atoms with Crippen molar-refractivity contribution in [2.24, 2.45) is 0 Å². The van der Waals surface area contributed by atoms with Crippen LogP contribution in [0.15, 0.2) is 24.3 Å². The zero-order valence-corrected chi connectivity index (χ0v) is 12.6. The molecule has 1 unspecified atom stereocenters. The third-order valence-corrected chi connectivity index (χ3v) is 4.16. The maximum atomic E-state index is 12.5. The zero-order valence-electron chi connectivity index (χ0n) is 12.6. The van der Waals surface area contributed by atoms with E-state index in [2.05, 4.69) is 16.7 Å². The van der Waals surface area contributed by atoms with Gasteiger partial charge in [-0.25, -0.2) is 0 Å². The fourth-order valence-corrected chi connectivity index (χ4v) is 2.63. The van der Waals surface area contributed by atoms with Gasteiger partial charge in [0.25, 0.3) is 0 Å². The normalized spacial score (nSPS) is 18.8. The minimum atomic E-state index is -0.0533. The van der Waals surface area contributed by atoms with Crippen LogP contribution < -0.4 is 4.74 Å². The van der Waals surface area contributed by atoms with Crippen LogP contribution in [0.2, 0.25) is 0 Å². The van der Waals surface area contributed by atoms with Crippen molar-refractivity contribution in [1.82, 2.24) is 9.80 Å². The number of rotatable bonds is 5. The van der Waals surface area contributed by atoms with Gasteiger partial charge >= 0.3 is 0 Å². The number of nitrogens with zero attached hydrogens (tertiary/aromatic N) is 2. The highest BCUT2D eigenvalue weighted by atomic mass is 16.5. The van der Waals surface area contributed by atoms with Crippen LogP contribution in [0.5, 0.6) is 5.75 Å². The van der Waals surface area contributed by atoms with Gasteiger partial charge < -0.3 is 9.64 Å². The molecule has 1 fully saturated rings. The molecular weight excluding hydrogens is 252 g/mol. The van der Waals surface area contributed by atoms with E-state index in [1.165, 1.54) is 0 Å². The first-order valence-corrected chi connectivity index (χ1v) is 7.30. The molecule has 0 N–H and O–H groups in total. The molecule has 0 amide bonds. The van der Waals surface area contributed by atoms with Crippen molar-refractivity contribution in [2.75, 3.05) is 39.8 Å². The van der Waals surface area contributed by atoms with E-state index in [4.69, 9.17) is 4.74 Å². The summed E-state index contributed by atoms with van der Waals surface area (Å²) >= 11 is 0. The number of Topliss-reactive ketones (excluding diaryl/α,β-unsaturated/α-hetero) is 1. The standard InChI is InChI=1S/C16H24N2O2/c1-4-17-9-11-18(12-10-17)13(2)16(19)14-5-7-15(20-3)8-6-14/h5-8,13H,4,9-12H2,1-3H3. The summed E-state index contributed by atoms with van der Waals surface area (Å²) in [6.45, 7) is 9.33. The number of piperazine rings is 1. The van der Waals surface area contributed by atoms with Crippen LogP contribution in [-0.4, -0.2) is 61.5 Å². The number of benzene rings is 1. The molecule has 20 heavy (non-hydrogen) atoms. The van der Waals surface area contributed by atoms with Crippen LogP contribution in [-0.2, 0) is 0 Å². The molecule has 1 heterocycles. The lowest BCUT2D eigenvalue weighted by Gasteiger charge is -2.37. The maximum Gasteiger partial charge on any atom is 0.179 e. The van der Waals surface area contributed by atoms with Crippen LogP contribution in [0.3, 0.4) is 0 Å². The molecule has 0 spiro atoms. The first-order chi connectivity index (χ1) is 9.65. The van der Waals surface area contributed by atoms with Gasteiger partial charge in [-0.05, 0) is 37.7 Å². The van der Waals surface area contributed by atoms with E-state index >= 15 is 0 Å². The Morgan fingerprint density at radius 2 is 1.80 bits per heavy atom. The molecule has 1 aromatic rings. The molecule has 0 bridgehead atoms. The van der Waals surface area contributed by atoms with E-state index in [0.29, 0.717) is 0 Å². The van der Waals surface area contributed by atoms with Gasteiger partial charge in [0, 0.05) is 31.7 Å². The Balaban J connectivity index is 1.97. The molecule has 4 heteroatoms. The van der Waals surface area contributed by atoms with Gasteiger partial charge in [-0.3, -0.25) is 9.69 Å². The summed E-state index contributed by atoms with van der Waals surface area (Å²) in [5, 5.41) is 0. The smallest absolute Gasteiger partial charge is 0.179 e. The molecule has 0 aliphatic carbocycles. The lowest BCUT2D eigenvalue weighted by atomic mass is 10.0. The minimum Gasteiger partial charge on any atom is -0.497 e. The van der Waals surface area contributed by atoms with Crippen molar-refractivity contribution < 1.29 is 9.53 Å². The number of hydrogen-bond acceptors (Lipinski definition) is 4. The topological polar surface area (TPSA) is 32.8 Å². The average Bonchev–Trinajstić information content (AvgIpc) is 2.53. The third kappa shape index (κ3) is 3.38. The minimum absolute atomic E-state index is 0.0533. The van der Waals surface area contributed by atoms with Crippen molar-refractivity contribution in [2.45, 2.75) is 19.9 Å². The van der Waals surface area contributed by atoms with E-state index < -0.39 is 0 Å². The molecule has 0 radical (unpaired) electrons. The average molecular weight is 276 g/mol. The third-order valence-electron chi connectivity index (χ3n) is 4.16. The summed E-state index contributed by atoms with van der Waals surface area (Å²) < 4.78 is 5.12. The Morgan fingerprint density at radius 1 is 1.20 bits per heavy atom. The van der Waals surface area contributed by atoms with Crippen molar-refractivity contribution in [3.05, 3.63) is 29.8 Å².